The van der Waals surface area contributed by atoms with Gasteiger partial charge in [0.2, 0.25) is 0 Å². The number of aryl methyl sites for hydroxylation is 1. The van der Waals surface area contributed by atoms with E-state index in [1.54, 1.807) is 6.20 Å². The van der Waals surface area contributed by atoms with Crippen molar-refractivity contribution in [2.24, 2.45) is 0 Å². The molecule has 1 aromatic heterocycles. The average Bonchev–Trinajstić information content (AvgIpc) is 2.44. The summed E-state index contributed by atoms with van der Waals surface area (Å²) >= 11 is 0. The second-order valence-electron chi connectivity index (χ2n) is 4.55. The highest BCUT2D eigenvalue weighted by atomic mass is 14.9. The fourth-order valence-electron chi connectivity index (χ4n) is 2.14. The van der Waals surface area contributed by atoms with E-state index in [-0.39, 0.29) is 0 Å². The van der Waals surface area contributed by atoms with Crippen LogP contribution in [0.4, 0.5) is 17.1 Å². The SMILES string of the molecule is Cc1ccccc1Nc1c(N)cnc2ccccc12. The lowest BCUT2D eigenvalue weighted by molar-refractivity contribution is 1.39. The highest BCUT2D eigenvalue weighted by Gasteiger charge is 2.07. The number of benzene rings is 2. The molecule has 0 atom stereocenters. The van der Waals surface area contributed by atoms with Crippen LogP contribution in [0.3, 0.4) is 0 Å². The standard InChI is InChI=1S/C16H15N3/c1-11-6-2-4-8-14(11)19-16-12-7-3-5-9-15(12)18-10-13(16)17/h2-10H,17H2,1H3,(H,18,19). The summed E-state index contributed by atoms with van der Waals surface area (Å²) in [4.78, 5) is 4.34. The lowest BCUT2D eigenvalue weighted by atomic mass is 10.1. The van der Waals surface area contributed by atoms with Crippen molar-refractivity contribution >= 4 is 28.0 Å². The molecule has 3 heteroatoms. The molecule has 0 aliphatic carbocycles. The van der Waals surface area contributed by atoms with Gasteiger partial charge >= 0.3 is 0 Å². The topological polar surface area (TPSA) is 50.9 Å². The Kier molecular flexibility index (Phi) is 2.80. The minimum atomic E-state index is 0.655. The number of hydrogen-bond acceptors (Lipinski definition) is 3. The number of pyridine rings is 1. The summed E-state index contributed by atoms with van der Waals surface area (Å²) < 4.78 is 0. The van der Waals surface area contributed by atoms with Gasteiger partial charge in [0.1, 0.15) is 0 Å². The maximum absolute atomic E-state index is 6.06. The molecule has 19 heavy (non-hydrogen) atoms. The van der Waals surface area contributed by atoms with E-state index < -0.39 is 0 Å². The molecule has 0 aliphatic heterocycles. The van der Waals surface area contributed by atoms with Gasteiger partial charge in [-0.15, -0.1) is 0 Å². The Morgan fingerprint density at radius 1 is 1.00 bits per heavy atom. The van der Waals surface area contributed by atoms with E-state index in [2.05, 4.69) is 23.3 Å². The number of rotatable bonds is 2. The van der Waals surface area contributed by atoms with Crippen LogP contribution in [0.15, 0.2) is 54.7 Å². The predicted molar refractivity (Wildman–Crippen MR) is 80.6 cm³/mol. The molecule has 3 nitrogen and oxygen atoms in total. The van der Waals surface area contributed by atoms with Gasteiger partial charge in [0.05, 0.1) is 23.1 Å². The second-order valence-corrected chi connectivity index (χ2v) is 4.55. The zero-order chi connectivity index (χ0) is 13.2. The van der Waals surface area contributed by atoms with E-state index in [1.165, 1.54) is 5.56 Å². The molecule has 0 saturated carbocycles. The zero-order valence-corrected chi connectivity index (χ0v) is 10.7. The van der Waals surface area contributed by atoms with E-state index >= 15 is 0 Å². The molecular weight excluding hydrogens is 234 g/mol. The third kappa shape index (κ3) is 2.10. The fraction of sp³-hybridized carbons (Fsp3) is 0.0625. The minimum absolute atomic E-state index is 0.655. The van der Waals surface area contributed by atoms with Crippen molar-refractivity contribution in [1.82, 2.24) is 4.98 Å². The number of nitrogen functional groups attached to an aromatic ring is 1. The third-order valence-electron chi connectivity index (χ3n) is 3.21. The summed E-state index contributed by atoms with van der Waals surface area (Å²) in [7, 11) is 0. The van der Waals surface area contributed by atoms with Crippen molar-refractivity contribution in [2.75, 3.05) is 11.1 Å². The van der Waals surface area contributed by atoms with Gasteiger partial charge in [0, 0.05) is 11.1 Å². The van der Waals surface area contributed by atoms with E-state index in [1.807, 2.05) is 42.5 Å². The Bertz CT molecular complexity index is 735. The number of anilines is 3. The second kappa shape index (κ2) is 4.61. The number of aromatic nitrogens is 1. The fourth-order valence-corrected chi connectivity index (χ4v) is 2.14. The molecule has 1 heterocycles. The van der Waals surface area contributed by atoms with Gasteiger partial charge in [0.15, 0.2) is 0 Å². The quantitative estimate of drug-likeness (QED) is 0.725. The van der Waals surface area contributed by atoms with Crippen LogP contribution in [0.1, 0.15) is 5.56 Å². The lowest BCUT2D eigenvalue weighted by Crippen LogP contribution is -1.99. The number of nitrogens with zero attached hydrogens (tertiary/aromatic N) is 1. The van der Waals surface area contributed by atoms with Crippen LogP contribution in [-0.2, 0) is 0 Å². The van der Waals surface area contributed by atoms with E-state index in [9.17, 15) is 0 Å². The maximum Gasteiger partial charge on any atom is 0.0746 e. The summed E-state index contributed by atoms with van der Waals surface area (Å²) in [6.07, 6.45) is 1.70. The van der Waals surface area contributed by atoms with Crippen molar-refractivity contribution in [3.05, 3.63) is 60.3 Å². The van der Waals surface area contributed by atoms with Crippen LogP contribution in [0.5, 0.6) is 0 Å². The number of fused-ring (bicyclic) bond motifs is 1. The monoisotopic (exact) mass is 249 g/mol. The molecule has 3 rings (SSSR count). The molecule has 3 aromatic rings. The number of nitrogens with one attached hydrogen (secondary N) is 1. The van der Waals surface area contributed by atoms with Gasteiger partial charge in [-0.1, -0.05) is 36.4 Å². The van der Waals surface area contributed by atoms with Crippen LogP contribution in [0.25, 0.3) is 10.9 Å². The van der Waals surface area contributed by atoms with E-state index in [0.717, 1.165) is 22.3 Å². The predicted octanol–water partition coefficient (Wildman–Crippen LogP) is 3.87. The van der Waals surface area contributed by atoms with Crippen LogP contribution in [-0.4, -0.2) is 4.98 Å². The van der Waals surface area contributed by atoms with Crippen LogP contribution >= 0.6 is 0 Å². The third-order valence-corrected chi connectivity index (χ3v) is 3.21. The first-order chi connectivity index (χ1) is 9.25. The highest BCUT2D eigenvalue weighted by Crippen LogP contribution is 2.31. The highest BCUT2D eigenvalue weighted by molar-refractivity contribution is 5.98. The normalized spacial score (nSPS) is 10.6. The molecule has 0 aliphatic rings. The van der Waals surface area contributed by atoms with Crippen LogP contribution < -0.4 is 11.1 Å². The first-order valence-electron chi connectivity index (χ1n) is 6.21. The van der Waals surface area contributed by atoms with Gasteiger partial charge in [-0.05, 0) is 24.6 Å². The van der Waals surface area contributed by atoms with Crippen LogP contribution in [0, 0.1) is 6.92 Å². The van der Waals surface area contributed by atoms with E-state index in [4.69, 9.17) is 5.73 Å². The van der Waals surface area contributed by atoms with Crippen molar-refractivity contribution < 1.29 is 0 Å². The zero-order valence-electron chi connectivity index (χ0n) is 10.7. The first kappa shape index (κ1) is 11.5. The summed E-state index contributed by atoms with van der Waals surface area (Å²) in [6, 6.07) is 16.1. The van der Waals surface area contributed by atoms with Crippen molar-refractivity contribution in [1.29, 1.82) is 0 Å². The van der Waals surface area contributed by atoms with Crippen molar-refractivity contribution in [2.45, 2.75) is 6.92 Å². The van der Waals surface area contributed by atoms with Gasteiger partial charge in [-0.25, -0.2) is 0 Å². The Balaban J connectivity index is 2.15. The molecule has 0 spiro atoms. The molecule has 2 aromatic carbocycles. The summed E-state index contributed by atoms with van der Waals surface area (Å²) in [5, 5.41) is 4.45. The molecule has 0 radical (unpaired) electrons. The average molecular weight is 249 g/mol. The summed E-state index contributed by atoms with van der Waals surface area (Å²) in [5.74, 6) is 0. The molecule has 0 saturated heterocycles. The first-order valence-corrected chi connectivity index (χ1v) is 6.21. The molecular formula is C16H15N3. The van der Waals surface area contributed by atoms with Gasteiger partial charge in [-0.2, -0.15) is 0 Å². The lowest BCUT2D eigenvalue weighted by Gasteiger charge is -2.13. The van der Waals surface area contributed by atoms with E-state index in [0.29, 0.717) is 5.69 Å². The molecule has 94 valence electrons. The molecule has 3 N–H and O–H groups in total. The molecule has 0 bridgehead atoms. The van der Waals surface area contributed by atoms with Crippen molar-refractivity contribution in [3.8, 4) is 0 Å². The van der Waals surface area contributed by atoms with Gasteiger partial charge in [0.25, 0.3) is 0 Å². The molecule has 0 fully saturated rings. The Labute approximate surface area is 112 Å². The van der Waals surface area contributed by atoms with Crippen molar-refractivity contribution in [3.63, 3.8) is 0 Å². The summed E-state index contributed by atoms with van der Waals surface area (Å²) in [5.41, 5.74) is 10.8. The molecule has 0 unspecified atom stereocenters. The Hall–Kier alpha value is -2.55. The minimum Gasteiger partial charge on any atom is -0.396 e. The molecule has 0 amide bonds. The van der Waals surface area contributed by atoms with Crippen LogP contribution in [0.2, 0.25) is 0 Å². The summed E-state index contributed by atoms with van der Waals surface area (Å²) in [6.45, 7) is 2.07. The van der Waals surface area contributed by atoms with Gasteiger partial charge < -0.3 is 11.1 Å². The maximum atomic E-state index is 6.06. The van der Waals surface area contributed by atoms with Gasteiger partial charge in [-0.3, -0.25) is 4.98 Å². The number of para-hydroxylation sites is 2. The number of nitrogens with two attached hydrogens (primary N) is 1. The largest absolute Gasteiger partial charge is 0.396 e. The Morgan fingerprint density at radius 3 is 2.58 bits per heavy atom. The smallest absolute Gasteiger partial charge is 0.0746 e. The number of hydrogen-bond donors (Lipinski definition) is 2. The Morgan fingerprint density at radius 2 is 1.74 bits per heavy atom.